The second-order valence-corrected chi connectivity index (χ2v) is 12.1. The number of ether oxygens (including phenoxy) is 2. The van der Waals surface area contributed by atoms with E-state index in [-0.39, 0.29) is 10.9 Å². The lowest BCUT2D eigenvalue weighted by Crippen LogP contribution is -2.49. The van der Waals surface area contributed by atoms with Gasteiger partial charge >= 0.3 is 0 Å². The maximum Gasteiger partial charge on any atom is 0.262 e. The van der Waals surface area contributed by atoms with Crippen molar-refractivity contribution in [3.05, 3.63) is 105 Å². The van der Waals surface area contributed by atoms with E-state index in [9.17, 15) is 9.59 Å². The van der Waals surface area contributed by atoms with Crippen molar-refractivity contribution in [2.75, 3.05) is 0 Å². The number of rotatable bonds is 12. The maximum atomic E-state index is 13.2. The van der Waals surface area contributed by atoms with Crippen molar-refractivity contribution in [1.82, 2.24) is 10.7 Å². The third kappa shape index (κ3) is 9.20. The molecule has 0 heterocycles. The lowest BCUT2D eigenvalue weighted by atomic mass is 10.0. The molecule has 0 aromatic heterocycles. The fraction of sp³-hybridized carbons (Fsp3) is 0.242. The van der Waals surface area contributed by atoms with Gasteiger partial charge in [0.15, 0.2) is 6.10 Å². The molecule has 10 heteroatoms. The molecule has 0 unspecified atom stereocenters. The number of carbonyl (C=O) groups excluding carboxylic acids is 2. The molecule has 0 aliphatic carbocycles. The Morgan fingerprint density at radius 1 is 0.930 bits per heavy atom. The molecule has 7 nitrogen and oxygen atoms in total. The van der Waals surface area contributed by atoms with Crippen LogP contribution in [0.25, 0.3) is 10.8 Å². The highest BCUT2D eigenvalue weighted by Crippen LogP contribution is 2.29. The minimum Gasteiger partial charge on any atom is -0.488 e. The Morgan fingerprint density at radius 2 is 1.65 bits per heavy atom. The molecule has 4 rings (SSSR count). The fourth-order valence-corrected chi connectivity index (χ4v) is 5.04. The summed E-state index contributed by atoms with van der Waals surface area (Å²) in [5.41, 5.74) is 4.33. The largest absolute Gasteiger partial charge is 0.488 e. The van der Waals surface area contributed by atoms with E-state index in [1.54, 1.807) is 25.3 Å². The average Bonchev–Trinajstić information content (AvgIpc) is 2.98. The number of carbonyl (C=O) groups is 2. The number of hydrogen-bond donors (Lipinski definition) is 2. The van der Waals surface area contributed by atoms with Crippen LogP contribution in [0.4, 0.5) is 0 Å². The van der Waals surface area contributed by atoms with Crippen LogP contribution in [0.1, 0.15) is 38.3 Å². The van der Waals surface area contributed by atoms with Crippen molar-refractivity contribution in [2.24, 2.45) is 11.0 Å². The topological polar surface area (TPSA) is 89.0 Å². The number of halogens is 3. The van der Waals surface area contributed by atoms with E-state index in [1.807, 2.05) is 74.5 Å². The van der Waals surface area contributed by atoms with Crippen molar-refractivity contribution >= 4 is 67.9 Å². The monoisotopic (exact) mass is 683 g/mol. The van der Waals surface area contributed by atoms with Crippen molar-refractivity contribution in [3.8, 4) is 11.5 Å². The van der Waals surface area contributed by atoms with E-state index in [0.29, 0.717) is 29.5 Å². The molecule has 224 valence electrons. The van der Waals surface area contributed by atoms with Crippen LogP contribution in [0.15, 0.2) is 88.4 Å². The van der Waals surface area contributed by atoms with Gasteiger partial charge < -0.3 is 14.8 Å². The molecule has 43 heavy (non-hydrogen) atoms. The van der Waals surface area contributed by atoms with Crippen LogP contribution in [0.3, 0.4) is 0 Å². The van der Waals surface area contributed by atoms with Crippen molar-refractivity contribution < 1.29 is 19.1 Å². The summed E-state index contributed by atoms with van der Waals surface area (Å²) in [4.78, 5) is 26.2. The molecule has 4 aromatic rings. The van der Waals surface area contributed by atoms with Gasteiger partial charge in [-0.3, -0.25) is 9.59 Å². The summed E-state index contributed by atoms with van der Waals surface area (Å²) in [5, 5.41) is 9.71. The van der Waals surface area contributed by atoms with Crippen LogP contribution in [-0.2, 0) is 16.2 Å². The summed E-state index contributed by atoms with van der Waals surface area (Å²) in [6.07, 6.45) is 1.06. The molecule has 2 N–H and O–H groups in total. The summed E-state index contributed by atoms with van der Waals surface area (Å²) in [6, 6.07) is 23.5. The van der Waals surface area contributed by atoms with E-state index < -0.39 is 24.0 Å². The highest BCUT2D eigenvalue weighted by atomic mass is 79.9. The van der Waals surface area contributed by atoms with E-state index >= 15 is 0 Å². The molecule has 0 saturated heterocycles. The molecule has 0 saturated carbocycles. The summed E-state index contributed by atoms with van der Waals surface area (Å²) in [7, 11) is 0. The second kappa shape index (κ2) is 15.2. The van der Waals surface area contributed by atoms with Crippen molar-refractivity contribution in [3.63, 3.8) is 0 Å². The Bertz CT molecular complexity index is 1610. The number of fused-ring (bicyclic) bond motifs is 1. The normalized spacial score (nSPS) is 12.7. The predicted octanol–water partition coefficient (Wildman–Crippen LogP) is 7.94. The Morgan fingerprint density at radius 3 is 2.37 bits per heavy atom. The van der Waals surface area contributed by atoms with Gasteiger partial charge in [0.25, 0.3) is 11.8 Å². The third-order valence-corrected chi connectivity index (χ3v) is 7.57. The van der Waals surface area contributed by atoms with Crippen LogP contribution < -0.4 is 20.2 Å². The summed E-state index contributed by atoms with van der Waals surface area (Å²) >= 11 is 15.6. The highest BCUT2D eigenvalue weighted by molar-refractivity contribution is 9.10. The minimum atomic E-state index is -0.911. The molecule has 0 spiro atoms. The van der Waals surface area contributed by atoms with Gasteiger partial charge in [0.2, 0.25) is 0 Å². The molecular formula is C33H32BrCl2N3O4. The van der Waals surface area contributed by atoms with E-state index in [4.69, 9.17) is 32.7 Å². The predicted molar refractivity (Wildman–Crippen MR) is 176 cm³/mol. The summed E-state index contributed by atoms with van der Waals surface area (Å²) in [5.74, 6) is 0.148. The van der Waals surface area contributed by atoms with Gasteiger partial charge in [-0.1, -0.05) is 95.4 Å². The molecule has 4 aromatic carbocycles. The Hall–Kier alpha value is -3.59. The first-order valence-corrected chi connectivity index (χ1v) is 15.3. The number of nitrogens with zero attached hydrogens (tertiary/aromatic N) is 1. The maximum absolute atomic E-state index is 13.2. The number of benzene rings is 4. The van der Waals surface area contributed by atoms with E-state index in [1.165, 1.54) is 6.07 Å². The SMILES string of the molecule is CC(C)C[C@@H](NC(=O)[C@@H](C)Oc1ccc(Cl)cc1Cl)C(=O)N/N=C\c1c(OCc2ccc(Br)cc2)ccc2ccccc12. The average molecular weight is 685 g/mol. The fourth-order valence-electron chi connectivity index (χ4n) is 4.32. The molecule has 0 aliphatic rings. The lowest BCUT2D eigenvalue weighted by molar-refractivity contribution is -0.132. The smallest absolute Gasteiger partial charge is 0.262 e. The van der Waals surface area contributed by atoms with Gasteiger partial charge in [0.1, 0.15) is 24.1 Å². The molecule has 0 bridgehead atoms. The van der Waals surface area contributed by atoms with Gasteiger partial charge in [0.05, 0.1) is 11.2 Å². The number of hydrazone groups is 1. The number of nitrogens with one attached hydrogen (secondary N) is 2. The van der Waals surface area contributed by atoms with Gasteiger partial charge in [0, 0.05) is 15.1 Å². The van der Waals surface area contributed by atoms with Gasteiger partial charge in [-0.05, 0) is 72.0 Å². The number of hydrogen-bond acceptors (Lipinski definition) is 5. The second-order valence-electron chi connectivity index (χ2n) is 10.4. The van der Waals surface area contributed by atoms with E-state index in [2.05, 4.69) is 31.8 Å². The molecule has 2 atom stereocenters. The van der Waals surface area contributed by atoms with Crippen molar-refractivity contribution in [2.45, 2.75) is 45.9 Å². The zero-order valence-corrected chi connectivity index (χ0v) is 27.0. The summed E-state index contributed by atoms with van der Waals surface area (Å²) in [6.45, 7) is 5.88. The quantitative estimate of drug-likeness (QED) is 0.117. The van der Waals surface area contributed by atoms with E-state index in [0.717, 1.165) is 26.4 Å². The van der Waals surface area contributed by atoms with Crippen LogP contribution in [0, 0.1) is 5.92 Å². The standard InChI is InChI=1S/C33H32BrCl2N3O4/c1-20(2)16-29(38-32(40)21(3)43-31-15-13-25(35)17-28(31)36)33(41)39-37-18-27-26-7-5-4-6-23(26)10-14-30(27)42-19-22-8-11-24(34)12-9-22/h4-15,17-18,20-21,29H,16,19H2,1-3H3,(H,38,40)(H,39,41)/b37-18-/t21-,29-/m1/s1. The molecular weight excluding hydrogens is 653 g/mol. The Balaban J connectivity index is 1.47. The van der Waals surface area contributed by atoms with Crippen LogP contribution >= 0.6 is 39.1 Å². The van der Waals surface area contributed by atoms with Crippen LogP contribution in [0.2, 0.25) is 10.0 Å². The minimum absolute atomic E-state index is 0.124. The van der Waals surface area contributed by atoms with Gasteiger partial charge in [-0.15, -0.1) is 0 Å². The first-order chi connectivity index (χ1) is 20.6. The first-order valence-electron chi connectivity index (χ1n) is 13.7. The molecule has 0 fully saturated rings. The highest BCUT2D eigenvalue weighted by Gasteiger charge is 2.25. The zero-order chi connectivity index (χ0) is 30.9. The Kier molecular flexibility index (Phi) is 11.4. The number of amides is 2. The first kappa shape index (κ1) is 32.3. The third-order valence-electron chi connectivity index (χ3n) is 6.51. The Labute approximate surface area is 269 Å². The molecule has 0 radical (unpaired) electrons. The van der Waals surface area contributed by atoms with Crippen molar-refractivity contribution in [1.29, 1.82) is 0 Å². The molecule has 2 amide bonds. The van der Waals surface area contributed by atoms with Crippen LogP contribution in [-0.4, -0.2) is 30.2 Å². The van der Waals surface area contributed by atoms with Gasteiger partial charge in [-0.2, -0.15) is 5.10 Å². The molecule has 0 aliphatic heterocycles. The van der Waals surface area contributed by atoms with Gasteiger partial charge in [-0.25, -0.2) is 5.43 Å². The summed E-state index contributed by atoms with van der Waals surface area (Å²) < 4.78 is 12.9. The zero-order valence-electron chi connectivity index (χ0n) is 23.9. The van der Waals surface area contributed by atoms with Crippen LogP contribution in [0.5, 0.6) is 11.5 Å². The lowest BCUT2D eigenvalue weighted by Gasteiger charge is -2.22.